The van der Waals surface area contributed by atoms with Gasteiger partial charge in [-0.3, -0.25) is 9.69 Å². The molecule has 0 aromatic heterocycles. The third-order valence-corrected chi connectivity index (χ3v) is 5.14. The average Bonchev–Trinajstić information content (AvgIpc) is 2.74. The monoisotopic (exact) mass is 332 g/mol. The zero-order chi connectivity index (χ0) is 17.0. The first-order valence-corrected chi connectivity index (χ1v) is 8.73. The maximum atomic E-state index is 12.4. The van der Waals surface area contributed by atoms with Crippen molar-refractivity contribution in [1.29, 1.82) is 0 Å². The SMILES string of the molecule is COCCN1C[C@@]2(COCCN(Cc3ccccc3C)C2)CC1=O. The minimum Gasteiger partial charge on any atom is -0.383 e. The van der Waals surface area contributed by atoms with Crippen LogP contribution in [0.1, 0.15) is 17.5 Å². The van der Waals surface area contributed by atoms with E-state index < -0.39 is 0 Å². The Labute approximate surface area is 144 Å². The number of hydrogen-bond acceptors (Lipinski definition) is 4. The molecule has 0 radical (unpaired) electrons. The van der Waals surface area contributed by atoms with Crippen molar-refractivity contribution in [2.75, 3.05) is 53.1 Å². The summed E-state index contributed by atoms with van der Waals surface area (Å²) >= 11 is 0. The Balaban J connectivity index is 1.69. The summed E-state index contributed by atoms with van der Waals surface area (Å²) in [5, 5.41) is 0. The number of rotatable bonds is 5. The minimum absolute atomic E-state index is 0.0794. The minimum atomic E-state index is -0.0794. The highest BCUT2D eigenvalue weighted by Gasteiger charge is 2.45. The maximum absolute atomic E-state index is 12.4. The van der Waals surface area contributed by atoms with Crippen LogP contribution in [0.25, 0.3) is 0 Å². The number of nitrogens with zero attached hydrogens (tertiary/aromatic N) is 2. The molecule has 1 spiro atoms. The molecule has 1 atom stereocenters. The Morgan fingerprint density at radius 1 is 1.29 bits per heavy atom. The van der Waals surface area contributed by atoms with Gasteiger partial charge >= 0.3 is 0 Å². The standard InChI is InChI=1S/C19H28N2O3/c1-16-5-3-4-6-17(16)12-20-7-10-24-15-19(13-20)11-18(22)21(14-19)8-9-23-2/h3-6H,7-15H2,1-2H3/t19-/m1/s1. The largest absolute Gasteiger partial charge is 0.383 e. The third kappa shape index (κ3) is 3.97. The molecule has 2 aliphatic heterocycles. The van der Waals surface area contributed by atoms with Crippen LogP contribution in [-0.2, 0) is 20.8 Å². The lowest BCUT2D eigenvalue weighted by atomic mass is 9.87. The van der Waals surface area contributed by atoms with Gasteiger partial charge in [0.05, 0.1) is 19.8 Å². The molecule has 0 unspecified atom stereocenters. The molecule has 0 N–H and O–H groups in total. The van der Waals surface area contributed by atoms with Crippen molar-refractivity contribution in [3.8, 4) is 0 Å². The average molecular weight is 332 g/mol. The predicted octanol–water partition coefficient (Wildman–Crippen LogP) is 1.69. The summed E-state index contributed by atoms with van der Waals surface area (Å²) in [6.45, 7) is 8.37. The van der Waals surface area contributed by atoms with Crippen molar-refractivity contribution < 1.29 is 14.3 Å². The van der Waals surface area contributed by atoms with E-state index in [9.17, 15) is 4.79 Å². The normalized spacial score (nSPS) is 25.4. The predicted molar refractivity (Wildman–Crippen MR) is 92.8 cm³/mol. The summed E-state index contributed by atoms with van der Waals surface area (Å²) in [5.41, 5.74) is 2.60. The molecule has 2 heterocycles. The zero-order valence-electron chi connectivity index (χ0n) is 14.8. The van der Waals surface area contributed by atoms with Gasteiger partial charge < -0.3 is 14.4 Å². The molecule has 0 aliphatic carbocycles. The quantitative estimate of drug-likeness (QED) is 0.823. The van der Waals surface area contributed by atoms with Gasteiger partial charge in [0.1, 0.15) is 0 Å². The molecular formula is C19H28N2O3. The van der Waals surface area contributed by atoms with Crippen LogP contribution in [0.5, 0.6) is 0 Å². The number of methoxy groups -OCH3 is 1. The Morgan fingerprint density at radius 3 is 2.92 bits per heavy atom. The molecular weight excluding hydrogens is 304 g/mol. The first-order chi connectivity index (χ1) is 11.6. The number of ether oxygens (including phenoxy) is 2. The Morgan fingerprint density at radius 2 is 2.12 bits per heavy atom. The molecule has 2 saturated heterocycles. The van der Waals surface area contributed by atoms with Crippen molar-refractivity contribution in [3.63, 3.8) is 0 Å². The van der Waals surface area contributed by atoms with Crippen molar-refractivity contribution in [1.82, 2.24) is 9.80 Å². The van der Waals surface area contributed by atoms with Gasteiger partial charge in [0, 0.05) is 51.7 Å². The van der Waals surface area contributed by atoms with Gasteiger partial charge in [-0.05, 0) is 18.1 Å². The van der Waals surface area contributed by atoms with Crippen LogP contribution in [-0.4, -0.2) is 68.8 Å². The van der Waals surface area contributed by atoms with Gasteiger partial charge in [0.2, 0.25) is 5.91 Å². The summed E-state index contributed by atoms with van der Waals surface area (Å²) in [6.07, 6.45) is 0.584. The smallest absolute Gasteiger partial charge is 0.223 e. The van der Waals surface area contributed by atoms with Crippen molar-refractivity contribution in [2.45, 2.75) is 19.9 Å². The molecule has 2 aliphatic rings. The number of amides is 1. The lowest BCUT2D eigenvalue weighted by molar-refractivity contribution is -0.128. The second-order valence-electron chi connectivity index (χ2n) is 7.17. The summed E-state index contributed by atoms with van der Waals surface area (Å²) in [7, 11) is 1.68. The van der Waals surface area contributed by atoms with E-state index in [0.717, 1.165) is 32.8 Å². The maximum Gasteiger partial charge on any atom is 0.223 e. The molecule has 1 aromatic rings. The number of carbonyl (C=O) groups is 1. The van der Waals surface area contributed by atoms with E-state index in [1.54, 1.807) is 7.11 Å². The number of aryl methyl sites for hydroxylation is 1. The number of benzene rings is 1. The van der Waals surface area contributed by atoms with Gasteiger partial charge in [0.15, 0.2) is 0 Å². The second kappa shape index (κ2) is 7.64. The fourth-order valence-corrected chi connectivity index (χ4v) is 3.83. The summed E-state index contributed by atoms with van der Waals surface area (Å²) in [5.74, 6) is 0.230. The molecule has 3 rings (SSSR count). The molecule has 1 aromatic carbocycles. The lowest BCUT2D eigenvalue weighted by Crippen LogP contribution is -2.41. The van der Waals surface area contributed by atoms with Gasteiger partial charge in [-0.25, -0.2) is 0 Å². The molecule has 0 saturated carbocycles. The molecule has 2 fully saturated rings. The van der Waals surface area contributed by atoms with E-state index in [4.69, 9.17) is 9.47 Å². The van der Waals surface area contributed by atoms with Crippen LogP contribution >= 0.6 is 0 Å². The molecule has 5 heteroatoms. The number of carbonyl (C=O) groups excluding carboxylic acids is 1. The summed E-state index contributed by atoms with van der Waals surface area (Å²) < 4.78 is 11.0. The fraction of sp³-hybridized carbons (Fsp3) is 0.632. The van der Waals surface area contributed by atoms with Crippen LogP contribution < -0.4 is 0 Å². The highest BCUT2D eigenvalue weighted by Crippen LogP contribution is 2.34. The van der Waals surface area contributed by atoms with Crippen molar-refractivity contribution in [3.05, 3.63) is 35.4 Å². The van der Waals surface area contributed by atoms with Crippen LogP contribution in [0.4, 0.5) is 0 Å². The molecule has 0 bridgehead atoms. The van der Waals surface area contributed by atoms with Gasteiger partial charge in [-0.1, -0.05) is 24.3 Å². The Bertz CT molecular complexity index is 577. The lowest BCUT2D eigenvalue weighted by Gasteiger charge is -2.31. The first kappa shape index (κ1) is 17.4. The van der Waals surface area contributed by atoms with Crippen molar-refractivity contribution in [2.24, 2.45) is 5.41 Å². The van der Waals surface area contributed by atoms with E-state index in [1.165, 1.54) is 11.1 Å². The second-order valence-corrected chi connectivity index (χ2v) is 7.17. The third-order valence-electron chi connectivity index (χ3n) is 5.14. The topological polar surface area (TPSA) is 42.0 Å². The van der Waals surface area contributed by atoms with Gasteiger partial charge in [-0.15, -0.1) is 0 Å². The van der Waals surface area contributed by atoms with Gasteiger partial charge in [0.25, 0.3) is 0 Å². The van der Waals surface area contributed by atoms with E-state index in [2.05, 4.69) is 36.1 Å². The summed E-state index contributed by atoms with van der Waals surface area (Å²) in [6, 6.07) is 8.52. The zero-order valence-corrected chi connectivity index (χ0v) is 14.8. The van der Waals surface area contributed by atoms with Gasteiger partial charge in [-0.2, -0.15) is 0 Å². The highest BCUT2D eigenvalue weighted by molar-refractivity contribution is 5.79. The molecule has 1 amide bonds. The van der Waals surface area contributed by atoms with Crippen LogP contribution in [0, 0.1) is 12.3 Å². The Hall–Kier alpha value is -1.43. The Kier molecular flexibility index (Phi) is 5.54. The number of likely N-dealkylation sites (tertiary alicyclic amines) is 1. The van der Waals surface area contributed by atoms with E-state index in [1.807, 2.05) is 4.90 Å². The van der Waals surface area contributed by atoms with Crippen LogP contribution in [0.2, 0.25) is 0 Å². The highest BCUT2D eigenvalue weighted by atomic mass is 16.5. The van der Waals surface area contributed by atoms with E-state index in [-0.39, 0.29) is 11.3 Å². The van der Waals surface area contributed by atoms with E-state index >= 15 is 0 Å². The molecule has 24 heavy (non-hydrogen) atoms. The van der Waals surface area contributed by atoms with Crippen LogP contribution in [0.3, 0.4) is 0 Å². The molecule has 132 valence electrons. The van der Waals surface area contributed by atoms with E-state index in [0.29, 0.717) is 26.2 Å². The van der Waals surface area contributed by atoms with Crippen LogP contribution in [0.15, 0.2) is 24.3 Å². The number of hydrogen-bond donors (Lipinski definition) is 0. The first-order valence-electron chi connectivity index (χ1n) is 8.73. The fourth-order valence-electron chi connectivity index (χ4n) is 3.83. The molecule has 5 nitrogen and oxygen atoms in total. The van der Waals surface area contributed by atoms with Crippen molar-refractivity contribution >= 4 is 5.91 Å². The summed E-state index contributed by atoms with van der Waals surface area (Å²) in [4.78, 5) is 16.8.